The Balaban J connectivity index is 1.54. The molecule has 2 amide bonds. The van der Waals surface area contributed by atoms with Crippen LogP contribution < -0.4 is 16.0 Å². The van der Waals surface area contributed by atoms with Crippen LogP contribution in [0.1, 0.15) is 5.56 Å². The summed E-state index contributed by atoms with van der Waals surface area (Å²) in [6.45, 7) is 1.25. The highest BCUT2D eigenvalue weighted by molar-refractivity contribution is 7.80. The van der Waals surface area contributed by atoms with Crippen molar-refractivity contribution >= 4 is 46.3 Å². The van der Waals surface area contributed by atoms with Crippen LogP contribution in [0.3, 0.4) is 0 Å². The minimum atomic E-state index is -0.124. The number of fused-ring (bicyclic) bond motifs is 3. The molecule has 0 saturated carbocycles. The van der Waals surface area contributed by atoms with Crippen molar-refractivity contribution in [2.75, 3.05) is 29.0 Å². The van der Waals surface area contributed by atoms with Crippen molar-refractivity contribution in [1.82, 2.24) is 4.90 Å². The fourth-order valence-electron chi connectivity index (χ4n) is 2.79. The molecule has 2 aliphatic heterocycles. The second-order valence-corrected chi connectivity index (χ2v) is 5.90. The first-order valence-corrected chi connectivity index (χ1v) is 8.02. The third-order valence-corrected chi connectivity index (χ3v) is 4.08. The number of amidine groups is 1. The van der Waals surface area contributed by atoms with Gasteiger partial charge in [0.05, 0.1) is 12.2 Å². The van der Waals surface area contributed by atoms with Gasteiger partial charge >= 0.3 is 6.03 Å². The van der Waals surface area contributed by atoms with E-state index < -0.39 is 0 Å². The normalized spacial score (nSPS) is 15.1. The zero-order valence-corrected chi connectivity index (χ0v) is 13.6. The average Bonchev–Trinajstić information content (AvgIpc) is 3.07. The van der Waals surface area contributed by atoms with Gasteiger partial charge in [-0.2, -0.15) is 0 Å². The highest BCUT2D eigenvalue weighted by Crippen LogP contribution is 2.28. The van der Waals surface area contributed by atoms with Gasteiger partial charge in [-0.3, -0.25) is 9.89 Å². The lowest BCUT2D eigenvalue weighted by Crippen LogP contribution is -2.42. The van der Waals surface area contributed by atoms with Crippen molar-refractivity contribution in [3.05, 3.63) is 54.1 Å². The van der Waals surface area contributed by atoms with E-state index in [1.807, 2.05) is 48.5 Å². The van der Waals surface area contributed by atoms with E-state index in [1.165, 1.54) is 0 Å². The van der Waals surface area contributed by atoms with E-state index in [1.54, 1.807) is 4.90 Å². The van der Waals surface area contributed by atoms with Crippen LogP contribution in [0.4, 0.5) is 21.9 Å². The van der Waals surface area contributed by atoms with Crippen LogP contribution in [-0.2, 0) is 0 Å². The first-order chi connectivity index (χ1) is 11.7. The van der Waals surface area contributed by atoms with Crippen molar-refractivity contribution in [3.8, 4) is 0 Å². The molecular weight excluding hydrogens is 322 g/mol. The van der Waals surface area contributed by atoms with Gasteiger partial charge in [0.2, 0.25) is 0 Å². The molecule has 0 atom stereocenters. The summed E-state index contributed by atoms with van der Waals surface area (Å²) in [6.07, 6.45) is 0. The number of nitrogens with zero attached hydrogens (tertiary/aromatic N) is 2. The number of anilines is 3. The second-order valence-electron chi connectivity index (χ2n) is 5.49. The maximum absolute atomic E-state index is 12.0. The topological polar surface area (TPSA) is 68.8 Å². The lowest BCUT2D eigenvalue weighted by Gasteiger charge is -2.27. The number of aliphatic imine (C=N–C) groups is 1. The number of benzene rings is 2. The van der Waals surface area contributed by atoms with Gasteiger partial charge in [-0.25, -0.2) is 4.79 Å². The molecule has 0 bridgehead atoms. The Morgan fingerprint density at radius 2 is 1.92 bits per heavy atom. The average molecular weight is 337 g/mol. The van der Waals surface area contributed by atoms with Gasteiger partial charge in [0.1, 0.15) is 5.84 Å². The molecule has 0 unspecified atom stereocenters. The number of para-hydroxylation sites is 1. The van der Waals surface area contributed by atoms with E-state index in [2.05, 4.69) is 20.9 Å². The maximum atomic E-state index is 12.0. The standard InChI is InChI=1S/C17H15N5OS/c23-17-21-14-7-6-12(10-13(14)15-18-8-9-22(15)17)20-16(24)19-11-4-2-1-3-5-11/h1-7,10H,8-9H2,(H,21,23)(H2,19,20,24). The fraction of sp³-hybridized carbons (Fsp3) is 0.118. The Morgan fingerprint density at radius 3 is 2.75 bits per heavy atom. The summed E-state index contributed by atoms with van der Waals surface area (Å²) >= 11 is 5.35. The summed E-state index contributed by atoms with van der Waals surface area (Å²) in [5.74, 6) is 0.722. The van der Waals surface area contributed by atoms with Gasteiger partial charge in [-0.15, -0.1) is 0 Å². The lowest BCUT2D eigenvalue weighted by molar-refractivity contribution is 0.235. The SMILES string of the molecule is O=C1Nc2ccc(NC(=S)Nc3ccccc3)cc2C2=NCCN12. The Labute approximate surface area is 144 Å². The van der Waals surface area contributed by atoms with E-state index >= 15 is 0 Å². The maximum Gasteiger partial charge on any atom is 0.327 e. The third kappa shape index (κ3) is 2.69. The third-order valence-electron chi connectivity index (χ3n) is 3.88. The molecule has 6 nitrogen and oxygen atoms in total. The Morgan fingerprint density at radius 1 is 1.12 bits per heavy atom. The molecule has 0 fully saturated rings. The molecule has 24 heavy (non-hydrogen) atoms. The van der Waals surface area contributed by atoms with Crippen LogP contribution in [-0.4, -0.2) is 35.0 Å². The lowest BCUT2D eigenvalue weighted by atomic mass is 10.1. The van der Waals surface area contributed by atoms with Crippen molar-refractivity contribution in [3.63, 3.8) is 0 Å². The minimum Gasteiger partial charge on any atom is -0.332 e. The van der Waals surface area contributed by atoms with Gasteiger partial charge in [0.15, 0.2) is 5.11 Å². The molecule has 7 heteroatoms. The van der Waals surface area contributed by atoms with Crippen LogP contribution >= 0.6 is 12.2 Å². The molecule has 2 aromatic carbocycles. The van der Waals surface area contributed by atoms with Gasteiger partial charge in [-0.1, -0.05) is 18.2 Å². The number of amides is 2. The zero-order chi connectivity index (χ0) is 16.5. The number of thiocarbonyl (C=S) groups is 1. The first-order valence-electron chi connectivity index (χ1n) is 7.61. The van der Waals surface area contributed by atoms with Crippen LogP contribution in [0.5, 0.6) is 0 Å². The van der Waals surface area contributed by atoms with Gasteiger partial charge < -0.3 is 16.0 Å². The number of hydrogen-bond acceptors (Lipinski definition) is 3. The summed E-state index contributed by atoms with van der Waals surface area (Å²) in [4.78, 5) is 18.1. The quantitative estimate of drug-likeness (QED) is 0.737. The molecule has 3 N–H and O–H groups in total. The molecule has 2 heterocycles. The monoisotopic (exact) mass is 337 g/mol. The van der Waals surface area contributed by atoms with E-state index in [0.717, 1.165) is 28.5 Å². The number of nitrogens with one attached hydrogen (secondary N) is 3. The van der Waals surface area contributed by atoms with Crippen molar-refractivity contribution in [1.29, 1.82) is 0 Å². The van der Waals surface area contributed by atoms with Crippen LogP contribution in [0.15, 0.2) is 53.5 Å². The Kier molecular flexibility index (Phi) is 3.62. The number of rotatable bonds is 2. The highest BCUT2D eigenvalue weighted by atomic mass is 32.1. The number of carbonyl (C=O) groups excluding carboxylic acids is 1. The first kappa shape index (κ1) is 14.6. The number of urea groups is 1. The van der Waals surface area contributed by atoms with Crippen LogP contribution in [0, 0.1) is 0 Å². The molecule has 0 saturated heterocycles. The van der Waals surface area contributed by atoms with Crippen molar-refractivity contribution in [2.24, 2.45) is 4.99 Å². The van der Waals surface area contributed by atoms with Gasteiger partial charge in [-0.05, 0) is 42.5 Å². The zero-order valence-electron chi connectivity index (χ0n) is 12.7. The van der Waals surface area contributed by atoms with E-state index in [0.29, 0.717) is 18.2 Å². The number of carbonyl (C=O) groups is 1. The van der Waals surface area contributed by atoms with E-state index in [-0.39, 0.29) is 6.03 Å². The van der Waals surface area contributed by atoms with Crippen molar-refractivity contribution < 1.29 is 4.79 Å². The Hall–Kier alpha value is -2.93. The molecule has 0 aliphatic carbocycles. The van der Waals surface area contributed by atoms with E-state index in [9.17, 15) is 4.79 Å². The smallest absolute Gasteiger partial charge is 0.327 e. The Bertz CT molecular complexity index is 849. The molecule has 2 aromatic rings. The summed E-state index contributed by atoms with van der Waals surface area (Å²) in [7, 11) is 0. The van der Waals surface area contributed by atoms with Crippen molar-refractivity contribution in [2.45, 2.75) is 0 Å². The molecule has 0 spiro atoms. The van der Waals surface area contributed by atoms with Gasteiger partial charge in [0, 0.05) is 23.5 Å². The minimum absolute atomic E-state index is 0.124. The largest absolute Gasteiger partial charge is 0.332 e. The summed E-state index contributed by atoms with van der Waals surface area (Å²) in [6, 6.07) is 15.3. The van der Waals surface area contributed by atoms with Crippen LogP contribution in [0.25, 0.3) is 0 Å². The predicted molar refractivity (Wildman–Crippen MR) is 99.9 cm³/mol. The molecule has 0 radical (unpaired) electrons. The van der Waals surface area contributed by atoms with Gasteiger partial charge in [0.25, 0.3) is 0 Å². The predicted octanol–water partition coefficient (Wildman–Crippen LogP) is 3.10. The molecule has 120 valence electrons. The van der Waals surface area contributed by atoms with E-state index in [4.69, 9.17) is 12.2 Å². The molecule has 4 rings (SSSR count). The molecular formula is C17H15N5OS. The highest BCUT2D eigenvalue weighted by Gasteiger charge is 2.31. The summed E-state index contributed by atoms with van der Waals surface area (Å²) in [5, 5.41) is 9.69. The van der Waals surface area contributed by atoms with Crippen LogP contribution in [0.2, 0.25) is 0 Å². The second kappa shape index (κ2) is 5.93. The molecule has 2 aliphatic rings. The fourth-order valence-corrected chi connectivity index (χ4v) is 3.02. The summed E-state index contributed by atoms with van der Waals surface area (Å²) in [5.41, 5.74) is 3.43. The summed E-state index contributed by atoms with van der Waals surface area (Å²) < 4.78 is 0. The number of hydrogen-bond donors (Lipinski definition) is 3. The molecule has 0 aromatic heterocycles.